The van der Waals surface area contributed by atoms with Crippen molar-refractivity contribution in [3.05, 3.63) is 63.6 Å². The van der Waals surface area contributed by atoms with Crippen LogP contribution in [0.25, 0.3) is 0 Å². The fourth-order valence-electron chi connectivity index (χ4n) is 3.66. The molecule has 198 valence electrons. The number of halogens is 2. The summed E-state index contributed by atoms with van der Waals surface area (Å²) >= 11 is 12.1. The molecule has 0 saturated carbocycles. The molecule has 7 nitrogen and oxygen atoms in total. The van der Waals surface area contributed by atoms with E-state index in [2.05, 4.69) is 5.32 Å². The summed E-state index contributed by atoms with van der Waals surface area (Å²) in [5, 5.41) is 3.89. The summed E-state index contributed by atoms with van der Waals surface area (Å²) < 4.78 is 26.3. The molecule has 2 aromatic carbocycles. The first-order valence-electron chi connectivity index (χ1n) is 11.8. The Morgan fingerprint density at radius 2 is 1.61 bits per heavy atom. The molecule has 10 heteroatoms. The van der Waals surface area contributed by atoms with E-state index < -0.39 is 16.1 Å². The predicted octanol–water partition coefficient (Wildman–Crippen LogP) is 5.04. The van der Waals surface area contributed by atoms with Gasteiger partial charge in [-0.2, -0.15) is 0 Å². The number of nitrogens with zero attached hydrogens (tertiary/aromatic N) is 2. The number of aryl methyl sites for hydroxylation is 1. The van der Waals surface area contributed by atoms with E-state index in [4.69, 9.17) is 23.2 Å². The van der Waals surface area contributed by atoms with Crippen LogP contribution in [0.1, 0.15) is 44.7 Å². The molecular weight excluding hydrogens is 521 g/mol. The van der Waals surface area contributed by atoms with Crippen LogP contribution in [-0.2, 0) is 26.2 Å². The molecule has 1 atom stereocenters. The summed E-state index contributed by atoms with van der Waals surface area (Å²) in [6.07, 6.45) is 1.47. The Morgan fingerprint density at radius 1 is 1.00 bits per heavy atom. The number of anilines is 1. The van der Waals surface area contributed by atoms with Crippen molar-refractivity contribution in [1.29, 1.82) is 0 Å². The number of hydrogen-bond acceptors (Lipinski definition) is 4. The molecule has 0 saturated heterocycles. The largest absolute Gasteiger partial charge is 0.354 e. The van der Waals surface area contributed by atoms with Crippen LogP contribution in [0.3, 0.4) is 0 Å². The standard InChI is InChI=1S/C26H35Cl2N3O4S/c1-18(2)16-29-26(33)20(4)30(17-21-9-12-22(27)13-10-21)25(32)7-6-14-31(36(5,34)35)24-15-23(28)11-8-19(24)3/h8-13,15,18,20H,6-7,14,16-17H2,1-5H3,(H,29,33)/t20-/m0/s1. The van der Waals surface area contributed by atoms with E-state index in [1.807, 2.05) is 26.0 Å². The maximum Gasteiger partial charge on any atom is 0.242 e. The molecule has 0 aliphatic carbocycles. The van der Waals surface area contributed by atoms with Crippen molar-refractivity contribution in [2.24, 2.45) is 5.92 Å². The third-order valence-electron chi connectivity index (χ3n) is 5.71. The van der Waals surface area contributed by atoms with Gasteiger partial charge in [0.15, 0.2) is 0 Å². The van der Waals surface area contributed by atoms with Crippen LogP contribution in [0.15, 0.2) is 42.5 Å². The van der Waals surface area contributed by atoms with Crippen molar-refractivity contribution < 1.29 is 18.0 Å². The van der Waals surface area contributed by atoms with Gasteiger partial charge < -0.3 is 10.2 Å². The molecule has 0 unspecified atom stereocenters. The van der Waals surface area contributed by atoms with Crippen LogP contribution < -0.4 is 9.62 Å². The summed E-state index contributed by atoms with van der Waals surface area (Å²) in [5.41, 5.74) is 2.08. The molecule has 0 radical (unpaired) electrons. The molecule has 1 N–H and O–H groups in total. The molecule has 0 aliphatic rings. The number of nitrogens with one attached hydrogen (secondary N) is 1. The molecule has 0 aliphatic heterocycles. The highest BCUT2D eigenvalue weighted by Gasteiger charge is 2.27. The Balaban J connectivity index is 2.18. The maximum absolute atomic E-state index is 13.3. The van der Waals surface area contributed by atoms with Gasteiger partial charge in [-0.05, 0) is 61.6 Å². The lowest BCUT2D eigenvalue weighted by Gasteiger charge is -2.30. The van der Waals surface area contributed by atoms with Gasteiger partial charge in [0.2, 0.25) is 21.8 Å². The number of sulfonamides is 1. The van der Waals surface area contributed by atoms with Gasteiger partial charge >= 0.3 is 0 Å². The molecule has 36 heavy (non-hydrogen) atoms. The van der Waals surface area contributed by atoms with E-state index in [1.165, 1.54) is 9.21 Å². The third kappa shape index (κ3) is 8.98. The van der Waals surface area contributed by atoms with Crippen LogP contribution in [0.5, 0.6) is 0 Å². The number of benzene rings is 2. The van der Waals surface area contributed by atoms with Gasteiger partial charge in [-0.15, -0.1) is 0 Å². The highest BCUT2D eigenvalue weighted by atomic mass is 35.5. The molecule has 0 fully saturated rings. The van der Waals surface area contributed by atoms with Crippen molar-refractivity contribution >= 4 is 50.7 Å². The van der Waals surface area contributed by atoms with Gasteiger partial charge in [0, 0.05) is 36.1 Å². The van der Waals surface area contributed by atoms with Crippen molar-refractivity contribution in [3.8, 4) is 0 Å². The molecule has 0 heterocycles. The molecule has 0 aromatic heterocycles. The number of carbonyl (C=O) groups excluding carboxylic acids is 2. The van der Waals surface area contributed by atoms with Gasteiger partial charge in [-0.3, -0.25) is 13.9 Å². The minimum atomic E-state index is -3.60. The van der Waals surface area contributed by atoms with E-state index in [0.717, 1.165) is 17.4 Å². The minimum Gasteiger partial charge on any atom is -0.354 e. The van der Waals surface area contributed by atoms with Crippen molar-refractivity contribution in [3.63, 3.8) is 0 Å². The Bertz CT molecular complexity index is 1150. The average Bonchev–Trinajstić information content (AvgIpc) is 2.80. The van der Waals surface area contributed by atoms with E-state index in [-0.39, 0.29) is 43.7 Å². The lowest BCUT2D eigenvalue weighted by atomic mass is 10.1. The first kappa shape index (κ1) is 29.9. The first-order valence-corrected chi connectivity index (χ1v) is 14.5. The molecule has 0 spiro atoms. The summed E-state index contributed by atoms with van der Waals surface area (Å²) in [6, 6.07) is 11.5. The fourth-order valence-corrected chi connectivity index (χ4v) is 4.96. The third-order valence-corrected chi connectivity index (χ3v) is 7.38. The highest BCUT2D eigenvalue weighted by Crippen LogP contribution is 2.27. The Morgan fingerprint density at radius 3 is 2.19 bits per heavy atom. The lowest BCUT2D eigenvalue weighted by Crippen LogP contribution is -2.48. The number of carbonyl (C=O) groups is 2. The number of rotatable bonds is 12. The Hall–Kier alpha value is -2.29. The first-order chi connectivity index (χ1) is 16.8. The van der Waals surface area contributed by atoms with Gasteiger partial charge in [-0.25, -0.2) is 8.42 Å². The van der Waals surface area contributed by atoms with Crippen LogP contribution in [0.4, 0.5) is 5.69 Å². The van der Waals surface area contributed by atoms with Crippen LogP contribution >= 0.6 is 23.2 Å². The Kier molecular flexibility index (Phi) is 11.1. The van der Waals surface area contributed by atoms with Crippen LogP contribution in [0, 0.1) is 12.8 Å². The van der Waals surface area contributed by atoms with E-state index in [0.29, 0.717) is 22.3 Å². The van der Waals surface area contributed by atoms with Gasteiger partial charge in [-0.1, -0.05) is 55.2 Å². The van der Waals surface area contributed by atoms with Crippen LogP contribution in [0.2, 0.25) is 10.0 Å². The zero-order valence-electron chi connectivity index (χ0n) is 21.4. The number of amides is 2. The smallest absolute Gasteiger partial charge is 0.242 e. The normalized spacial score (nSPS) is 12.3. The molecule has 0 bridgehead atoms. The molecule has 2 rings (SSSR count). The SMILES string of the molecule is Cc1ccc(Cl)cc1N(CCCC(=O)N(Cc1ccc(Cl)cc1)[C@@H](C)C(=O)NCC(C)C)S(C)(=O)=O. The van der Waals surface area contributed by atoms with Crippen molar-refractivity contribution in [2.75, 3.05) is 23.7 Å². The molecule has 2 amide bonds. The average molecular weight is 557 g/mol. The lowest BCUT2D eigenvalue weighted by molar-refractivity contribution is -0.140. The van der Waals surface area contributed by atoms with E-state index in [1.54, 1.807) is 44.2 Å². The van der Waals surface area contributed by atoms with E-state index in [9.17, 15) is 18.0 Å². The zero-order valence-corrected chi connectivity index (χ0v) is 23.8. The second kappa shape index (κ2) is 13.3. The van der Waals surface area contributed by atoms with E-state index >= 15 is 0 Å². The van der Waals surface area contributed by atoms with Crippen molar-refractivity contribution in [1.82, 2.24) is 10.2 Å². The van der Waals surface area contributed by atoms with Gasteiger partial charge in [0.25, 0.3) is 0 Å². The fraction of sp³-hybridized carbons (Fsp3) is 0.462. The Labute approximate surface area is 224 Å². The zero-order chi connectivity index (χ0) is 27.0. The maximum atomic E-state index is 13.3. The van der Waals surface area contributed by atoms with Gasteiger partial charge in [0.1, 0.15) is 6.04 Å². The number of hydrogen-bond donors (Lipinski definition) is 1. The predicted molar refractivity (Wildman–Crippen MR) is 147 cm³/mol. The molecule has 2 aromatic rings. The quantitative estimate of drug-likeness (QED) is 0.397. The highest BCUT2D eigenvalue weighted by molar-refractivity contribution is 7.92. The second-order valence-electron chi connectivity index (χ2n) is 9.33. The summed E-state index contributed by atoms with van der Waals surface area (Å²) in [4.78, 5) is 27.6. The van der Waals surface area contributed by atoms with Crippen molar-refractivity contribution in [2.45, 2.75) is 53.1 Å². The summed E-state index contributed by atoms with van der Waals surface area (Å²) in [7, 11) is -3.60. The topological polar surface area (TPSA) is 86.8 Å². The second-order valence-corrected chi connectivity index (χ2v) is 12.1. The van der Waals surface area contributed by atoms with Gasteiger partial charge in [0.05, 0.1) is 11.9 Å². The minimum absolute atomic E-state index is 0.0705. The molecular formula is C26H35Cl2N3O4S. The van der Waals surface area contributed by atoms with Crippen LogP contribution in [-0.4, -0.2) is 50.5 Å². The summed E-state index contributed by atoms with van der Waals surface area (Å²) in [5.74, 6) is -0.203. The monoisotopic (exact) mass is 555 g/mol. The summed E-state index contributed by atoms with van der Waals surface area (Å²) in [6.45, 7) is 8.34.